The van der Waals surface area contributed by atoms with Gasteiger partial charge in [0.1, 0.15) is 0 Å². The van der Waals surface area contributed by atoms with E-state index in [1.165, 1.54) is 0 Å². The molecule has 0 aromatic heterocycles. The number of Topliss-reactive ketones (excluding diaryl/α,β-unsaturated/α-hetero) is 1. The fourth-order valence-corrected chi connectivity index (χ4v) is 3.11. The molecular formula is C20H30N2O2. The Morgan fingerprint density at radius 1 is 1.12 bits per heavy atom. The highest BCUT2D eigenvalue weighted by Gasteiger charge is 2.21. The molecule has 1 fully saturated rings. The predicted molar refractivity (Wildman–Crippen MR) is 98.5 cm³/mol. The fraction of sp³-hybridized carbons (Fsp3) is 0.600. The van der Waals surface area contributed by atoms with E-state index in [0.29, 0.717) is 18.8 Å². The average molecular weight is 330 g/mol. The molecule has 1 amide bonds. The number of hydrogen-bond donors (Lipinski definition) is 0. The van der Waals surface area contributed by atoms with Crippen LogP contribution in [0.2, 0.25) is 0 Å². The first-order chi connectivity index (χ1) is 11.5. The zero-order valence-electron chi connectivity index (χ0n) is 15.3. The second-order valence-corrected chi connectivity index (χ2v) is 6.98. The molecule has 0 atom stereocenters. The van der Waals surface area contributed by atoms with E-state index in [4.69, 9.17) is 0 Å². The predicted octanol–water partition coefficient (Wildman–Crippen LogP) is 3.75. The van der Waals surface area contributed by atoms with Gasteiger partial charge < -0.3 is 9.80 Å². The van der Waals surface area contributed by atoms with Gasteiger partial charge in [-0.1, -0.05) is 39.3 Å². The lowest BCUT2D eigenvalue weighted by atomic mass is 10.1. The highest BCUT2D eigenvalue weighted by molar-refractivity contribution is 5.96. The summed E-state index contributed by atoms with van der Waals surface area (Å²) in [5, 5.41) is 0. The molecule has 0 unspecified atom stereocenters. The molecule has 24 heavy (non-hydrogen) atoms. The van der Waals surface area contributed by atoms with E-state index in [1.807, 2.05) is 36.1 Å². The first-order valence-corrected chi connectivity index (χ1v) is 9.17. The van der Waals surface area contributed by atoms with Crippen LogP contribution in [-0.4, -0.2) is 42.8 Å². The number of carbonyl (C=O) groups excluding carboxylic acids is 2. The Labute approximate surface area is 145 Å². The maximum Gasteiger partial charge on any atom is 0.222 e. The highest BCUT2D eigenvalue weighted by atomic mass is 16.2. The third-order valence-corrected chi connectivity index (χ3v) is 4.66. The van der Waals surface area contributed by atoms with Crippen molar-refractivity contribution in [3.63, 3.8) is 0 Å². The molecule has 1 aliphatic heterocycles. The Kier molecular flexibility index (Phi) is 6.83. The van der Waals surface area contributed by atoms with Crippen molar-refractivity contribution >= 4 is 17.4 Å². The van der Waals surface area contributed by atoms with Crippen LogP contribution >= 0.6 is 0 Å². The summed E-state index contributed by atoms with van der Waals surface area (Å²) in [6.45, 7) is 9.48. The van der Waals surface area contributed by atoms with Crippen LogP contribution in [-0.2, 0) is 4.79 Å². The SMILES string of the molecule is CCC(=O)c1cccc(N2CCN(C(=O)CCCC(C)C)CC2)c1. The molecule has 1 aliphatic rings. The Hall–Kier alpha value is -1.84. The molecule has 1 aromatic rings. The van der Waals surface area contributed by atoms with Gasteiger partial charge in [-0.2, -0.15) is 0 Å². The maximum atomic E-state index is 12.3. The molecule has 4 heteroatoms. The summed E-state index contributed by atoms with van der Waals surface area (Å²) in [5.41, 5.74) is 1.86. The van der Waals surface area contributed by atoms with Crippen LogP contribution < -0.4 is 4.90 Å². The van der Waals surface area contributed by atoms with E-state index in [-0.39, 0.29) is 11.7 Å². The van der Waals surface area contributed by atoms with Gasteiger partial charge in [0.25, 0.3) is 0 Å². The normalized spacial score (nSPS) is 15.0. The Morgan fingerprint density at radius 3 is 2.46 bits per heavy atom. The van der Waals surface area contributed by atoms with Crippen LogP contribution in [0, 0.1) is 5.92 Å². The van der Waals surface area contributed by atoms with Crippen LogP contribution in [0.25, 0.3) is 0 Å². The van der Waals surface area contributed by atoms with Crippen molar-refractivity contribution in [1.82, 2.24) is 4.90 Å². The number of benzene rings is 1. The molecular weight excluding hydrogens is 300 g/mol. The van der Waals surface area contributed by atoms with Crippen LogP contribution in [0.3, 0.4) is 0 Å². The molecule has 0 aliphatic carbocycles. The Bertz CT molecular complexity index is 561. The van der Waals surface area contributed by atoms with E-state index >= 15 is 0 Å². The Morgan fingerprint density at radius 2 is 1.83 bits per heavy atom. The molecule has 0 saturated carbocycles. The van der Waals surface area contributed by atoms with Crippen LogP contribution in [0.4, 0.5) is 5.69 Å². The largest absolute Gasteiger partial charge is 0.368 e. The van der Waals surface area contributed by atoms with E-state index < -0.39 is 0 Å². The van der Waals surface area contributed by atoms with Crippen molar-refractivity contribution in [1.29, 1.82) is 0 Å². The van der Waals surface area contributed by atoms with E-state index in [9.17, 15) is 9.59 Å². The van der Waals surface area contributed by atoms with Crippen molar-refractivity contribution in [3.8, 4) is 0 Å². The molecule has 1 aromatic carbocycles. The number of amides is 1. The summed E-state index contributed by atoms with van der Waals surface area (Å²) in [6, 6.07) is 7.85. The second kappa shape index (κ2) is 8.86. The molecule has 2 rings (SSSR count). The minimum Gasteiger partial charge on any atom is -0.368 e. The van der Waals surface area contributed by atoms with Crippen molar-refractivity contribution in [3.05, 3.63) is 29.8 Å². The van der Waals surface area contributed by atoms with Gasteiger partial charge in [-0.15, -0.1) is 0 Å². The number of ketones is 1. The number of piperazine rings is 1. The van der Waals surface area contributed by atoms with E-state index in [2.05, 4.69) is 18.7 Å². The number of anilines is 1. The molecule has 1 heterocycles. The molecule has 4 nitrogen and oxygen atoms in total. The lowest BCUT2D eigenvalue weighted by molar-refractivity contribution is -0.131. The minimum atomic E-state index is 0.177. The average Bonchev–Trinajstić information content (AvgIpc) is 2.61. The summed E-state index contributed by atoms with van der Waals surface area (Å²) < 4.78 is 0. The zero-order chi connectivity index (χ0) is 17.5. The number of nitrogens with zero attached hydrogens (tertiary/aromatic N) is 2. The van der Waals surface area contributed by atoms with Crippen molar-refractivity contribution in [2.75, 3.05) is 31.1 Å². The molecule has 0 bridgehead atoms. The molecule has 132 valence electrons. The van der Waals surface area contributed by atoms with Crippen molar-refractivity contribution < 1.29 is 9.59 Å². The number of hydrogen-bond acceptors (Lipinski definition) is 3. The summed E-state index contributed by atoms with van der Waals surface area (Å²) in [4.78, 5) is 28.4. The molecule has 0 spiro atoms. The van der Waals surface area contributed by atoms with E-state index in [1.54, 1.807) is 0 Å². The smallest absolute Gasteiger partial charge is 0.222 e. The van der Waals surface area contributed by atoms with Crippen LogP contribution in [0.1, 0.15) is 56.8 Å². The third-order valence-electron chi connectivity index (χ3n) is 4.66. The lowest BCUT2D eigenvalue weighted by Crippen LogP contribution is -2.48. The summed E-state index contributed by atoms with van der Waals surface area (Å²) in [7, 11) is 0. The molecule has 0 N–H and O–H groups in total. The van der Waals surface area contributed by atoms with Crippen molar-refractivity contribution in [2.24, 2.45) is 5.92 Å². The summed E-state index contributed by atoms with van der Waals surface area (Å²) >= 11 is 0. The van der Waals surface area contributed by atoms with Crippen LogP contribution in [0.15, 0.2) is 24.3 Å². The third kappa shape index (κ3) is 5.08. The van der Waals surface area contributed by atoms with Gasteiger partial charge >= 0.3 is 0 Å². The van der Waals surface area contributed by atoms with Gasteiger partial charge in [-0.05, 0) is 24.5 Å². The standard InChI is InChI=1S/C20H30N2O2/c1-4-19(23)17-8-6-9-18(15-17)21-11-13-22(14-12-21)20(24)10-5-7-16(2)3/h6,8-9,15-16H,4-5,7,10-14H2,1-3H3. The van der Waals surface area contributed by atoms with Gasteiger partial charge in [-0.25, -0.2) is 0 Å². The highest BCUT2D eigenvalue weighted by Crippen LogP contribution is 2.19. The quantitative estimate of drug-likeness (QED) is 0.715. The molecule has 0 radical (unpaired) electrons. The number of carbonyl (C=O) groups is 2. The molecule has 1 saturated heterocycles. The van der Waals surface area contributed by atoms with Gasteiger partial charge in [0.05, 0.1) is 0 Å². The van der Waals surface area contributed by atoms with Gasteiger partial charge in [-0.3, -0.25) is 9.59 Å². The van der Waals surface area contributed by atoms with Gasteiger partial charge in [0.2, 0.25) is 5.91 Å². The number of rotatable bonds is 7. The maximum absolute atomic E-state index is 12.3. The topological polar surface area (TPSA) is 40.6 Å². The fourth-order valence-electron chi connectivity index (χ4n) is 3.11. The lowest BCUT2D eigenvalue weighted by Gasteiger charge is -2.36. The van der Waals surface area contributed by atoms with Gasteiger partial charge in [0.15, 0.2) is 5.78 Å². The Balaban J connectivity index is 1.86. The summed E-state index contributed by atoms with van der Waals surface area (Å²) in [6.07, 6.45) is 3.29. The van der Waals surface area contributed by atoms with Crippen LogP contribution in [0.5, 0.6) is 0 Å². The first kappa shape index (κ1) is 18.5. The van der Waals surface area contributed by atoms with E-state index in [0.717, 1.165) is 50.3 Å². The zero-order valence-corrected chi connectivity index (χ0v) is 15.3. The van der Waals surface area contributed by atoms with Gasteiger partial charge in [0, 0.05) is 50.3 Å². The van der Waals surface area contributed by atoms with Crippen molar-refractivity contribution in [2.45, 2.75) is 46.5 Å². The monoisotopic (exact) mass is 330 g/mol. The first-order valence-electron chi connectivity index (χ1n) is 9.17. The minimum absolute atomic E-state index is 0.177. The second-order valence-electron chi connectivity index (χ2n) is 6.98. The summed E-state index contributed by atoms with van der Waals surface area (Å²) in [5.74, 6) is 1.12.